The molecule has 3 nitrogen and oxygen atoms in total. The fourth-order valence-electron chi connectivity index (χ4n) is 2.46. The Hall–Kier alpha value is 0.230. The van der Waals surface area contributed by atoms with Crippen LogP contribution in [0.5, 0.6) is 0 Å². The highest BCUT2D eigenvalue weighted by atomic mass is 32.2. The van der Waals surface area contributed by atoms with E-state index in [1.54, 1.807) is 0 Å². The number of thioether (sulfide) groups is 1. The summed E-state index contributed by atoms with van der Waals surface area (Å²) in [7, 11) is 0. The quantitative estimate of drug-likeness (QED) is 0.651. The minimum atomic E-state index is 0.683. The molecule has 0 radical (unpaired) electrons. The molecule has 1 fully saturated rings. The second-order valence-corrected chi connectivity index (χ2v) is 6.47. The van der Waals surface area contributed by atoms with E-state index in [4.69, 9.17) is 4.74 Å². The van der Waals surface area contributed by atoms with Crippen LogP contribution in [0.4, 0.5) is 0 Å². The maximum absolute atomic E-state index is 5.45. The van der Waals surface area contributed by atoms with Crippen LogP contribution in [0.2, 0.25) is 0 Å². The summed E-state index contributed by atoms with van der Waals surface area (Å²) in [6, 6.07) is 0.683. The predicted octanol–water partition coefficient (Wildman–Crippen LogP) is 2.08. The lowest BCUT2D eigenvalue weighted by molar-refractivity contribution is 0.0124. The van der Waals surface area contributed by atoms with E-state index in [1.807, 2.05) is 11.8 Å². The maximum atomic E-state index is 5.45. The standard InChI is InChI=1S/C14H30N2OS/c1-13(2)11-14(12-15-5-4-10-18-3)16-6-8-17-9-7-16/h13-15H,4-12H2,1-3H3. The van der Waals surface area contributed by atoms with Crippen LogP contribution < -0.4 is 5.32 Å². The second-order valence-electron chi connectivity index (χ2n) is 5.48. The normalized spacial score (nSPS) is 19.3. The Morgan fingerprint density at radius 1 is 1.28 bits per heavy atom. The zero-order chi connectivity index (χ0) is 13.2. The first-order valence-electron chi connectivity index (χ1n) is 7.25. The SMILES string of the molecule is CSCCCNCC(CC(C)C)N1CCOCC1. The van der Waals surface area contributed by atoms with Gasteiger partial charge in [0.15, 0.2) is 0 Å². The van der Waals surface area contributed by atoms with Gasteiger partial charge in [-0.3, -0.25) is 4.90 Å². The molecule has 1 unspecified atom stereocenters. The molecule has 1 N–H and O–H groups in total. The van der Waals surface area contributed by atoms with Crippen molar-refractivity contribution in [3.05, 3.63) is 0 Å². The van der Waals surface area contributed by atoms with E-state index in [0.29, 0.717) is 6.04 Å². The molecule has 0 aromatic carbocycles. The Kier molecular flexibility index (Phi) is 9.11. The van der Waals surface area contributed by atoms with Crippen molar-refractivity contribution in [2.45, 2.75) is 32.7 Å². The van der Waals surface area contributed by atoms with Crippen LogP contribution in [0.25, 0.3) is 0 Å². The molecule has 0 saturated carbocycles. The van der Waals surface area contributed by atoms with Crippen LogP contribution in [0.1, 0.15) is 26.7 Å². The molecule has 18 heavy (non-hydrogen) atoms. The lowest BCUT2D eigenvalue weighted by Gasteiger charge is -2.35. The topological polar surface area (TPSA) is 24.5 Å². The number of nitrogens with zero attached hydrogens (tertiary/aromatic N) is 1. The summed E-state index contributed by atoms with van der Waals surface area (Å²) in [4.78, 5) is 2.60. The van der Waals surface area contributed by atoms with Crippen molar-refractivity contribution in [2.75, 3.05) is 51.4 Å². The highest BCUT2D eigenvalue weighted by molar-refractivity contribution is 7.98. The van der Waals surface area contributed by atoms with E-state index in [1.165, 1.54) is 18.6 Å². The Morgan fingerprint density at radius 2 is 2.00 bits per heavy atom. The monoisotopic (exact) mass is 274 g/mol. The summed E-state index contributed by atoms with van der Waals surface area (Å²) in [5, 5.41) is 3.63. The van der Waals surface area contributed by atoms with Gasteiger partial charge in [0, 0.05) is 25.7 Å². The number of hydrogen-bond acceptors (Lipinski definition) is 4. The molecule has 0 aromatic heterocycles. The van der Waals surface area contributed by atoms with Crippen LogP contribution in [0.15, 0.2) is 0 Å². The smallest absolute Gasteiger partial charge is 0.0594 e. The molecule has 1 heterocycles. The molecular formula is C14H30N2OS. The minimum absolute atomic E-state index is 0.683. The average molecular weight is 274 g/mol. The molecule has 0 aromatic rings. The van der Waals surface area contributed by atoms with Gasteiger partial charge in [-0.25, -0.2) is 0 Å². The number of hydrogen-bond donors (Lipinski definition) is 1. The van der Waals surface area contributed by atoms with Gasteiger partial charge in [-0.05, 0) is 37.3 Å². The molecule has 0 bridgehead atoms. The third kappa shape index (κ3) is 6.98. The first-order valence-corrected chi connectivity index (χ1v) is 8.65. The number of nitrogens with one attached hydrogen (secondary N) is 1. The highest BCUT2D eigenvalue weighted by Crippen LogP contribution is 2.12. The zero-order valence-corrected chi connectivity index (χ0v) is 13.1. The molecule has 1 saturated heterocycles. The van der Waals surface area contributed by atoms with Gasteiger partial charge < -0.3 is 10.1 Å². The largest absolute Gasteiger partial charge is 0.379 e. The Bertz CT molecular complexity index is 196. The lowest BCUT2D eigenvalue weighted by atomic mass is 10.0. The van der Waals surface area contributed by atoms with Crippen molar-refractivity contribution >= 4 is 11.8 Å². The fourth-order valence-corrected chi connectivity index (χ4v) is 2.89. The van der Waals surface area contributed by atoms with E-state index in [2.05, 4.69) is 30.3 Å². The van der Waals surface area contributed by atoms with Gasteiger partial charge in [0.1, 0.15) is 0 Å². The molecule has 1 atom stereocenters. The van der Waals surface area contributed by atoms with E-state index in [9.17, 15) is 0 Å². The van der Waals surface area contributed by atoms with E-state index >= 15 is 0 Å². The van der Waals surface area contributed by atoms with Gasteiger partial charge >= 0.3 is 0 Å². The van der Waals surface area contributed by atoms with Crippen LogP contribution in [0.3, 0.4) is 0 Å². The number of ether oxygens (including phenoxy) is 1. The van der Waals surface area contributed by atoms with Crippen molar-refractivity contribution in [3.63, 3.8) is 0 Å². The molecule has 1 rings (SSSR count). The van der Waals surface area contributed by atoms with Crippen LogP contribution in [-0.2, 0) is 4.74 Å². The Labute approximate surface area is 117 Å². The minimum Gasteiger partial charge on any atom is -0.379 e. The summed E-state index contributed by atoms with van der Waals surface area (Å²) >= 11 is 1.93. The molecular weight excluding hydrogens is 244 g/mol. The highest BCUT2D eigenvalue weighted by Gasteiger charge is 2.21. The third-order valence-electron chi connectivity index (χ3n) is 3.39. The second kappa shape index (κ2) is 10.1. The number of rotatable bonds is 9. The lowest BCUT2D eigenvalue weighted by Crippen LogP contribution is -2.48. The van der Waals surface area contributed by atoms with Gasteiger partial charge in [0.05, 0.1) is 13.2 Å². The average Bonchev–Trinajstić information content (AvgIpc) is 2.38. The first-order chi connectivity index (χ1) is 8.74. The summed E-state index contributed by atoms with van der Waals surface area (Å²) < 4.78 is 5.45. The van der Waals surface area contributed by atoms with Crippen molar-refractivity contribution in [2.24, 2.45) is 5.92 Å². The Balaban J connectivity index is 2.25. The van der Waals surface area contributed by atoms with Crippen LogP contribution in [0, 0.1) is 5.92 Å². The maximum Gasteiger partial charge on any atom is 0.0594 e. The Morgan fingerprint density at radius 3 is 2.61 bits per heavy atom. The predicted molar refractivity (Wildman–Crippen MR) is 81.5 cm³/mol. The van der Waals surface area contributed by atoms with E-state index in [0.717, 1.165) is 45.3 Å². The molecule has 0 amide bonds. The van der Waals surface area contributed by atoms with Gasteiger partial charge in [-0.15, -0.1) is 0 Å². The van der Waals surface area contributed by atoms with Crippen molar-refractivity contribution in [3.8, 4) is 0 Å². The molecule has 0 spiro atoms. The van der Waals surface area contributed by atoms with E-state index in [-0.39, 0.29) is 0 Å². The van der Waals surface area contributed by atoms with Crippen LogP contribution >= 0.6 is 11.8 Å². The first kappa shape index (κ1) is 16.3. The fraction of sp³-hybridized carbons (Fsp3) is 1.00. The van der Waals surface area contributed by atoms with Crippen molar-refractivity contribution in [1.29, 1.82) is 0 Å². The van der Waals surface area contributed by atoms with Gasteiger partial charge in [0.25, 0.3) is 0 Å². The summed E-state index contributed by atoms with van der Waals surface area (Å²) in [6.07, 6.45) is 4.74. The van der Waals surface area contributed by atoms with Crippen molar-refractivity contribution in [1.82, 2.24) is 10.2 Å². The molecule has 1 aliphatic heterocycles. The number of morpholine rings is 1. The van der Waals surface area contributed by atoms with Crippen LogP contribution in [-0.4, -0.2) is 62.3 Å². The van der Waals surface area contributed by atoms with Gasteiger partial charge in [-0.1, -0.05) is 13.8 Å². The summed E-state index contributed by atoms with van der Waals surface area (Å²) in [5.74, 6) is 2.03. The van der Waals surface area contributed by atoms with Gasteiger partial charge in [0.2, 0.25) is 0 Å². The van der Waals surface area contributed by atoms with Gasteiger partial charge in [-0.2, -0.15) is 11.8 Å². The van der Waals surface area contributed by atoms with E-state index < -0.39 is 0 Å². The molecule has 4 heteroatoms. The molecule has 108 valence electrons. The molecule has 0 aliphatic carbocycles. The van der Waals surface area contributed by atoms with Crippen molar-refractivity contribution < 1.29 is 4.74 Å². The summed E-state index contributed by atoms with van der Waals surface area (Å²) in [6.45, 7) is 10.9. The zero-order valence-electron chi connectivity index (χ0n) is 12.3. The molecule has 1 aliphatic rings. The third-order valence-corrected chi connectivity index (χ3v) is 4.08. The summed E-state index contributed by atoms with van der Waals surface area (Å²) in [5.41, 5.74) is 0.